The van der Waals surface area contributed by atoms with Crippen LogP contribution in [0.2, 0.25) is 0 Å². The Balaban J connectivity index is 0.00000208. The minimum Gasteiger partial charge on any atom is -0.370 e. The number of aliphatic imine (C=N–C) groups is 1. The molecule has 0 bridgehead atoms. The van der Waals surface area contributed by atoms with Crippen molar-refractivity contribution in [3.05, 3.63) is 35.8 Å². The molecule has 4 nitrogen and oxygen atoms in total. The van der Waals surface area contributed by atoms with Crippen molar-refractivity contribution < 1.29 is 4.39 Å². The van der Waals surface area contributed by atoms with E-state index in [0.717, 1.165) is 22.9 Å². The van der Waals surface area contributed by atoms with E-state index >= 15 is 0 Å². The standard InChI is InChI=1S/C18H25FN4.HI/c19-14-7-8-16-13(12-22-17(16)11-14)9-10-21-18(20)23-15-5-3-1-2-4-6-15;/h7-8,11-12,15,22H,1-6,9-10H2,(H3,20,21,23);1H. The Morgan fingerprint density at radius 1 is 1.25 bits per heavy atom. The minimum absolute atomic E-state index is 0. The molecule has 4 N–H and O–H groups in total. The molecule has 1 saturated carbocycles. The molecule has 1 aromatic carbocycles. The molecule has 3 rings (SSSR count). The van der Waals surface area contributed by atoms with Crippen LogP contribution in [0.15, 0.2) is 29.4 Å². The van der Waals surface area contributed by atoms with Crippen LogP contribution < -0.4 is 11.1 Å². The largest absolute Gasteiger partial charge is 0.370 e. The molecule has 0 saturated heterocycles. The van der Waals surface area contributed by atoms with Crippen LogP contribution in [0.5, 0.6) is 0 Å². The van der Waals surface area contributed by atoms with Crippen molar-refractivity contribution >= 4 is 40.8 Å². The Morgan fingerprint density at radius 3 is 2.75 bits per heavy atom. The number of benzene rings is 1. The van der Waals surface area contributed by atoms with Gasteiger partial charge >= 0.3 is 0 Å². The van der Waals surface area contributed by atoms with Crippen LogP contribution in [-0.4, -0.2) is 23.5 Å². The summed E-state index contributed by atoms with van der Waals surface area (Å²) in [7, 11) is 0. The van der Waals surface area contributed by atoms with Gasteiger partial charge in [-0.1, -0.05) is 25.7 Å². The summed E-state index contributed by atoms with van der Waals surface area (Å²) in [5, 5.41) is 4.41. The molecule has 6 heteroatoms. The van der Waals surface area contributed by atoms with Crippen molar-refractivity contribution in [2.75, 3.05) is 6.54 Å². The number of aromatic nitrogens is 1. The number of nitrogens with two attached hydrogens (primary N) is 1. The van der Waals surface area contributed by atoms with Crippen LogP contribution in [-0.2, 0) is 6.42 Å². The molecule has 0 atom stereocenters. The molecule has 0 spiro atoms. The normalized spacial score (nSPS) is 16.6. The number of guanidine groups is 1. The second kappa shape index (κ2) is 9.25. The van der Waals surface area contributed by atoms with E-state index in [1.54, 1.807) is 0 Å². The molecule has 1 fully saturated rings. The minimum atomic E-state index is -0.222. The Kier molecular flexibility index (Phi) is 7.33. The first-order valence-electron chi connectivity index (χ1n) is 8.54. The third-order valence-electron chi connectivity index (χ3n) is 4.60. The highest BCUT2D eigenvalue weighted by Gasteiger charge is 2.12. The van der Waals surface area contributed by atoms with Crippen LogP contribution in [0.25, 0.3) is 10.9 Å². The van der Waals surface area contributed by atoms with Crippen LogP contribution in [0, 0.1) is 5.82 Å². The van der Waals surface area contributed by atoms with Gasteiger partial charge in [-0.25, -0.2) is 4.39 Å². The highest BCUT2D eigenvalue weighted by atomic mass is 127. The summed E-state index contributed by atoms with van der Waals surface area (Å²) < 4.78 is 13.2. The van der Waals surface area contributed by atoms with Crippen molar-refractivity contribution in [1.29, 1.82) is 0 Å². The van der Waals surface area contributed by atoms with Gasteiger partial charge in [-0.3, -0.25) is 4.99 Å². The summed E-state index contributed by atoms with van der Waals surface area (Å²) in [6.07, 6.45) is 10.3. The van der Waals surface area contributed by atoms with E-state index in [1.165, 1.54) is 50.7 Å². The Hall–Kier alpha value is -1.31. The van der Waals surface area contributed by atoms with E-state index in [2.05, 4.69) is 15.3 Å². The van der Waals surface area contributed by atoms with Gasteiger partial charge in [0.2, 0.25) is 0 Å². The first-order chi connectivity index (χ1) is 11.2. The topological polar surface area (TPSA) is 66.2 Å². The Morgan fingerprint density at radius 2 is 2.00 bits per heavy atom. The zero-order chi connectivity index (χ0) is 16.1. The van der Waals surface area contributed by atoms with E-state index in [0.29, 0.717) is 18.5 Å². The molecular formula is C18H26FIN4. The molecule has 0 aliphatic heterocycles. The summed E-state index contributed by atoms with van der Waals surface area (Å²) in [6.45, 7) is 0.635. The van der Waals surface area contributed by atoms with Gasteiger partial charge in [-0.05, 0) is 43.0 Å². The molecule has 1 aliphatic rings. The number of nitrogens with zero attached hydrogens (tertiary/aromatic N) is 1. The van der Waals surface area contributed by atoms with E-state index in [1.807, 2.05) is 12.3 Å². The fourth-order valence-electron chi connectivity index (χ4n) is 3.34. The van der Waals surface area contributed by atoms with Crippen molar-refractivity contribution in [1.82, 2.24) is 10.3 Å². The van der Waals surface area contributed by atoms with Gasteiger partial charge in [-0.15, -0.1) is 24.0 Å². The summed E-state index contributed by atoms with van der Waals surface area (Å²) >= 11 is 0. The summed E-state index contributed by atoms with van der Waals surface area (Å²) in [6, 6.07) is 5.29. The first-order valence-corrected chi connectivity index (χ1v) is 8.54. The maximum atomic E-state index is 13.2. The van der Waals surface area contributed by atoms with E-state index in [9.17, 15) is 4.39 Å². The lowest BCUT2D eigenvalue weighted by Crippen LogP contribution is -2.40. The maximum Gasteiger partial charge on any atom is 0.188 e. The smallest absolute Gasteiger partial charge is 0.188 e. The second-order valence-electron chi connectivity index (χ2n) is 6.35. The van der Waals surface area contributed by atoms with Gasteiger partial charge in [0.25, 0.3) is 0 Å². The molecular weight excluding hydrogens is 418 g/mol. The number of nitrogens with one attached hydrogen (secondary N) is 2. The number of aromatic amines is 1. The van der Waals surface area contributed by atoms with Crippen molar-refractivity contribution in [3.63, 3.8) is 0 Å². The van der Waals surface area contributed by atoms with E-state index in [-0.39, 0.29) is 29.8 Å². The lowest BCUT2D eigenvalue weighted by atomic mass is 10.1. The molecule has 2 aromatic rings. The van der Waals surface area contributed by atoms with Gasteiger partial charge in [0.05, 0.1) is 0 Å². The Bertz CT molecular complexity index is 675. The number of H-pyrrole nitrogens is 1. The molecule has 0 unspecified atom stereocenters. The summed E-state index contributed by atoms with van der Waals surface area (Å²) in [5.41, 5.74) is 7.98. The van der Waals surface area contributed by atoms with Crippen molar-refractivity contribution in [2.45, 2.75) is 51.0 Å². The molecule has 1 aliphatic carbocycles. The quantitative estimate of drug-likeness (QED) is 0.288. The van der Waals surface area contributed by atoms with E-state index in [4.69, 9.17) is 5.73 Å². The van der Waals surface area contributed by atoms with Gasteiger partial charge in [-0.2, -0.15) is 0 Å². The van der Waals surface area contributed by atoms with Crippen LogP contribution in [0.3, 0.4) is 0 Å². The monoisotopic (exact) mass is 444 g/mol. The summed E-state index contributed by atoms with van der Waals surface area (Å²) in [5.74, 6) is 0.323. The SMILES string of the molecule is I.NC(=NCCc1c[nH]c2cc(F)ccc12)NC1CCCCCC1. The third kappa shape index (κ3) is 5.09. The van der Waals surface area contributed by atoms with Crippen LogP contribution in [0.4, 0.5) is 4.39 Å². The van der Waals surface area contributed by atoms with Crippen LogP contribution in [0.1, 0.15) is 44.1 Å². The fourth-order valence-corrected chi connectivity index (χ4v) is 3.34. The lowest BCUT2D eigenvalue weighted by molar-refractivity contribution is 0.530. The van der Waals surface area contributed by atoms with Crippen LogP contribution >= 0.6 is 24.0 Å². The zero-order valence-corrected chi connectivity index (χ0v) is 16.2. The number of halogens is 2. The predicted octanol–water partition coefficient (Wildman–Crippen LogP) is 4.09. The molecule has 1 aromatic heterocycles. The second-order valence-corrected chi connectivity index (χ2v) is 6.35. The zero-order valence-electron chi connectivity index (χ0n) is 13.9. The number of rotatable bonds is 4. The van der Waals surface area contributed by atoms with Gasteiger partial charge < -0.3 is 16.0 Å². The first kappa shape index (κ1) is 19.0. The fraction of sp³-hybridized carbons (Fsp3) is 0.500. The molecule has 0 radical (unpaired) electrons. The molecule has 132 valence electrons. The highest BCUT2D eigenvalue weighted by molar-refractivity contribution is 14.0. The predicted molar refractivity (Wildman–Crippen MR) is 108 cm³/mol. The molecule has 1 heterocycles. The van der Waals surface area contributed by atoms with Crippen molar-refractivity contribution in [3.8, 4) is 0 Å². The maximum absolute atomic E-state index is 13.2. The molecule has 0 amide bonds. The average Bonchev–Trinajstić information content (AvgIpc) is 2.75. The van der Waals surface area contributed by atoms with Gasteiger partial charge in [0.15, 0.2) is 5.96 Å². The van der Waals surface area contributed by atoms with Gasteiger partial charge in [0.1, 0.15) is 5.82 Å². The van der Waals surface area contributed by atoms with Gasteiger partial charge in [0, 0.05) is 29.7 Å². The Labute approximate surface area is 159 Å². The number of fused-ring (bicyclic) bond motifs is 1. The average molecular weight is 444 g/mol. The number of hydrogen-bond donors (Lipinski definition) is 3. The third-order valence-corrected chi connectivity index (χ3v) is 4.60. The molecule has 24 heavy (non-hydrogen) atoms. The van der Waals surface area contributed by atoms with E-state index < -0.39 is 0 Å². The highest BCUT2D eigenvalue weighted by Crippen LogP contribution is 2.20. The summed E-state index contributed by atoms with van der Waals surface area (Å²) in [4.78, 5) is 7.55. The van der Waals surface area contributed by atoms with Crippen molar-refractivity contribution in [2.24, 2.45) is 10.7 Å². The lowest BCUT2D eigenvalue weighted by Gasteiger charge is -2.16. The number of hydrogen-bond acceptors (Lipinski definition) is 1.